The van der Waals surface area contributed by atoms with Crippen molar-refractivity contribution in [3.63, 3.8) is 0 Å². The lowest BCUT2D eigenvalue weighted by Crippen LogP contribution is -2.40. The second kappa shape index (κ2) is 7.40. The van der Waals surface area contributed by atoms with Gasteiger partial charge in [-0.25, -0.2) is 10.1 Å². The molecule has 1 aromatic carbocycles. The summed E-state index contributed by atoms with van der Waals surface area (Å²) in [5.41, 5.74) is 1.49. The molecule has 0 bridgehead atoms. The molecular weight excluding hydrogens is 384 g/mol. The fraction of sp³-hybridized carbons (Fsp3) is 0.381. The van der Waals surface area contributed by atoms with Gasteiger partial charge in [0.25, 0.3) is 11.1 Å². The highest BCUT2D eigenvalue weighted by Gasteiger charge is 2.26. The first kappa shape index (κ1) is 18.5. The minimum absolute atomic E-state index is 0.0782. The highest BCUT2D eigenvalue weighted by Crippen LogP contribution is 2.20. The van der Waals surface area contributed by atoms with Gasteiger partial charge in [0.15, 0.2) is 0 Å². The van der Waals surface area contributed by atoms with Gasteiger partial charge >= 0.3 is 0 Å². The average molecular weight is 406 g/mol. The van der Waals surface area contributed by atoms with E-state index in [9.17, 15) is 14.4 Å². The van der Waals surface area contributed by atoms with Crippen LogP contribution in [0.25, 0.3) is 10.8 Å². The minimum atomic E-state index is -0.272. The summed E-state index contributed by atoms with van der Waals surface area (Å²) < 4.78 is 0. The van der Waals surface area contributed by atoms with Gasteiger partial charge in [0, 0.05) is 30.6 Å². The quantitative estimate of drug-likeness (QED) is 0.663. The molecule has 0 aliphatic carbocycles. The summed E-state index contributed by atoms with van der Waals surface area (Å²) in [7, 11) is 0. The molecule has 0 unspecified atom stereocenters. The van der Waals surface area contributed by atoms with Crippen LogP contribution in [-0.2, 0) is 24.2 Å². The standard InChI is InChI=1S/C21H22N6O3/c28-18(11-16-13-5-1-2-6-14(13)20(30)25-24-16)27-10-7-15-17(12-27)22-21(23-19(15)29)26-8-3-4-9-26/h1-2,5-6H,3-4,7-12H2,(H,25,30)(H,22,23,29). The van der Waals surface area contributed by atoms with Gasteiger partial charge in [-0.2, -0.15) is 5.10 Å². The number of hydrogen-bond donors (Lipinski definition) is 2. The zero-order valence-corrected chi connectivity index (χ0v) is 16.5. The molecule has 4 heterocycles. The molecule has 1 amide bonds. The van der Waals surface area contributed by atoms with E-state index >= 15 is 0 Å². The van der Waals surface area contributed by atoms with Crippen molar-refractivity contribution in [1.82, 2.24) is 25.1 Å². The van der Waals surface area contributed by atoms with Crippen molar-refractivity contribution in [2.24, 2.45) is 0 Å². The van der Waals surface area contributed by atoms with Crippen molar-refractivity contribution in [2.75, 3.05) is 24.5 Å². The van der Waals surface area contributed by atoms with E-state index in [1.165, 1.54) is 0 Å². The zero-order chi connectivity index (χ0) is 20.7. The first-order valence-electron chi connectivity index (χ1n) is 10.2. The second-order valence-electron chi connectivity index (χ2n) is 7.80. The number of nitrogens with zero attached hydrogens (tertiary/aromatic N) is 4. The molecule has 5 rings (SSSR count). The van der Waals surface area contributed by atoms with Crippen LogP contribution in [0.1, 0.15) is 29.8 Å². The molecule has 30 heavy (non-hydrogen) atoms. The largest absolute Gasteiger partial charge is 0.342 e. The fourth-order valence-electron chi connectivity index (χ4n) is 4.28. The van der Waals surface area contributed by atoms with Crippen LogP contribution in [0.3, 0.4) is 0 Å². The summed E-state index contributed by atoms with van der Waals surface area (Å²) in [4.78, 5) is 48.9. The molecular formula is C21H22N6O3. The fourth-order valence-corrected chi connectivity index (χ4v) is 4.28. The van der Waals surface area contributed by atoms with Crippen molar-refractivity contribution in [3.8, 4) is 0 Å². The van der Waals surface area contributed by atoms with Gasteiger partial charge in [-0.05, 0) is 25.3 Å². The molecule has 2 aliphatic heterocycles. The third kappa shape index (κ3) is 3.26. The average Bonchev–Trinajstić information content (AvgIpc) is 3.30. The maximum absolute atomic E-state index is 13.0. The molecule has 1 saturated heterocycles. The van der Waals surface area contributed by atoms with E-state index in [4.69, 9.17) is 0 Å². The topological polar surface area (TPSA) is 115 Å². The Hall–Kier alpha value is -3.49. The van der Waals surface area contributed by atoms with Crippen LogP contribution in [0, 0.1) is 0 Å². The van der Waals surface area contributed by atoms with Crippen LogP contribution in [-0.4, -0.2) is 50.6 Å². The lowest BCUT2D eigenvalue weighted by atomic mass is 10.0. The zero-order valence-electron chi connectivity index (χ0n) is 16.5. The van der Waals surface area contributed by atoms with Gasteiger partial charge < -0.3 is 9.80 Å². The molecule has 2 aliphatic rings. The molecule has 0 spiro atoms. The first-order valence-corrected chi connectivity index (χ1v) is 10.2. The Morgan fingerprint density at radius 1 is 1.03 bits per heavy atom. The third-order valence-electron chi connectivity index (χ3n) is 5.91. The van der Waals surface area contributed by atoms with Crippen LogP contribution in [0.2, 0.25) is 0 Å². The number of carbonyl (C=O) groups is 1. The number of H-pyrrole nitrogens is 2. The number of aromatic nitrogens is 4. The van der Waals surface area contributed by atoms with Crippen LogP contribution < -0.4 is 16.0 Å². The first-order chi connectivity index (χ1) is 14.6. The van der Waals surface area contributed by atoms with Gasteiger partial charge in [-0.3, -0.25) is 19.4 Å². The summed E-state index contributed by atoms with van der Waals surface area (Å²) in [6.45, 7) is 2.53. The van der Waals surface area contributed by atoms with Crippen molar-refractivity contribution < 1.29 is 4.79 Å². The van der Waals surface area contributed by atoms with E-state index in [0.29, 0.717) is 53.2 Å². The Morgan fingerprint density at radius 2 is 1.80 bits per heavy atom. The highest BCUT2D eigenvalue weighted by molar-refractivity contribution is 5.88. The molecule has 1 fully saturated rings. The summed E-state index contributed by atoms with van der Waals surface area (Å²) >= 11 is 0. The molecule has 0 atom stereocenters. The van der Waals surface area contributed by atoms with Gasteiger partial charge in [-0.15, -0.1) is 0 Å². The Morgan fingerprint density at radius 3 is 2.60 bits per heavy atom. The lowest BCUT2D eigenvalue weighted by molar-refractivity contribution is -0.131. The van der Waals surface area contributed by atoms with E-state index in [-0.39, 0.29) is 23.4 Å². The number of amides is 1. The molecule has 0 radical (unpaired) electrons. The van der Waals surface area contributed by atoms with E-state index < -0.39 is 0 Å². The molecule has 9 heteroatoms. The molecule has 154 valence electrons. The molecule has 3 aromatic rings. The van der Waals surface area contributed by atoms with Crippen molar-refractivity contribution >= 4 is 22.6 Å². The van der Waals surface area contributed by atoms with Crippen molar-refractivity contribution in [3.05, 3.63) is 61.9 Å². The number of aromatic amines is 2. The Kier molecular flexibility index (Phi) is 4.57. The summed E-state index contributed by atoms with van der Waals surface area (Å²) in [6, 6.07) is 7.13. The summed E-state index contributed by atoms with van der Waals surface area (Å²) in [5, 5.41) is 7.77. The number of anilines is 1. The lowest BCUT2D eigenvalue weighted by Gasteiger charge is -2.28. The Balaban J connectivity index is 1.40. The molecule has 9 nitrogen and oxygen atoms in total. The number of nitrogens with one attached hydrogen (secondary N) is 2. The Bertz CT molecular complexity index is 1240. The monoisotopic (exact) mass is 406 g/mol. The van der Waals surface area contributed by atoms with Crippen LogP contribution in [0.4, 0.5) is 5.95 Å². The summed E-state index contributed by atoms with van der Waals surface area (Å²) in [6.07, 6.45) is 2.73. The normalized spacial score (nSPS) is 16.1. The van der Waals surface area contributed by atoms with Crippen molar-refractivity contribution in [2.45, 2.75) is 32.2 Å². The number of carbonyl (C=O) groups excluding carboxylic acids is 1. The minimum Gasteiger partial charge on any atom is -0.342 e. The predicted octanol–water partition coefficient (Wildman–Crippen LogP) is 0.734. The van der Waals surface area contributed by atoms with E-state index in [1.54, 1.807) is 23.1 Å². The van der Waals surface area contributed by atoms with E-state index in [0.717, 1.165) is 25.9 Å². The Labute approximate surface area is 171 Å². The van der Waals surface area contributed by atoms with Gasteiger partial charge in [-0.1, -0.05) is 18.2 Å². The molecule has 2 N–H and O–H groups in total. The van der Waals surface area contributed by atoms with E-state index in [1.807, 2.05) is 6.07 Å². The van der Waals surface area contributed by atoms with Crippen LogP contribution >= 0.6 is 0 Å². The second-order valence-corrected chi connectivity index (χ2v) is 7.80. The van der Waals surface area contributed by atoms with Crippen LogP contribution in [0.15, 0.2) is 33.9 Å². The number of hydrogen-bond acceptors (Lipinski definition) is 6. The number of rotatable bonds is 3. The SMILES string of the molecule is O=C(Cc1n[nH]c(=O)c2ccccc12)N1CCc2c(nc(N3CCCC3)[nH]c2=O)C1. The van der Waals surface area contributed by atoms with Gasteiger partial charge in [0.2, 0.25) is 11.9 Å². The molecule has 2 aromatic heterocycles. The maximum Gasteiger partial charge on any atom is 0.272 e. The predicted molar refractivity (Wildman–Crippen MR) is 111 cm³/mol. The van der Waals surface area contributed by atoms with Crippen molar-refractivity contribution in [1.29, 1.82) is 0 Å². The van der Waals surface area contributed by atoms with E-state index in [2.05, 4.69) is 25.1 Å². The summed E-state index contributed by atoms with van der Waals surface area (Å²) in [5.74, 6) is 0.494. The van der Waals surface area contributed by atoms with Gasteiger partial charge in [0.1, 0.15) is 0 Å². The number of fused-ring (bicyclic) bond motifs is 2. The highest BCUT2D eigenvalue weighted by atomic mass is 16.2. The maximum atomic E-state index is 13.0. The molecule has 0 saturated carbocycles. The smallest absolute Gasteiger partial charge is 0.272 e. The number of benzene rings is 1. The third-order valence-corrected chi connectivity index (χ3v) is 5.91. The van der Waals surface area contributed by atoms with Gasteiger partial charge in [0.05, 0.1) is 29.7 Å². The van der Waals surface area contributed by atoms with Crippen LogP contribution in [0.5, 0.6) is 0 Å².